The van der Waals surface area contributed by atoms with Gasteiger partial charge in [0.2, 0.25) is 0 Å². The van der Waals surface area contributed by atoms with E-state index in [1.807, 2.05) is 0 Å². The van der Waals surface area contributed by atoms with Gasteiger partial charge in [0.1, 0.15) is 6.61 Å². The average molecular weight is 669 g/mol. The summed E-state index contributed by atoms with van der Waals surface area (Å²) >= 11 is 0. The molecular weight excluding hydrogens is 603 g/mol. The zero-order valence-electron chi connectivity index (χ0n) is 29.2. The molecule has 0 saturated heterocycles. The van der Waals surface area contributed by atoms with E-state index in [2.05, 4.69) is 67.0 Å². The number of rotatable bonds is 32. The number of phosphoric ester groups is 1. The van der Waals surface area contributed by atoms with Gasteiger partial charge in [-0.15, -0.1) is 0 Å². The zero-order chi connectivity index (χ0) is 34.0. The zero-order valence-corrected chi connectivity index (χ0v) is 30.1. The van der Waals surface area contributed by atoms with Crippen molar-refractivity contribution in [2.75, 3.05) is 20.3 Å². The van der Waals surface area contributed by atoms with E-state index in [9.17, 15) is 19.0 Å². The Bertz CT molecular complexity index is 896. The molecule has 0 heterocycles. The highest BCUT2D eigenvalue weighted by molar-refractivity contribution is 7.47. The minimum Gasteiger partial charge on any atom is -0.462 e. The van der Waals surface area contributed by atoms with Gasteiger partial charge in [-0.05, 0) is 64.2 Å². The summed E-state index contributed by atoms with van der Waals surface area (Å²) in [6.45, 7) is 3.73. The van der Waals surface area contributed by atoms with Crippen molar-refractivity contribution >= 4 is 19.8 Å². The smallest absolute Gasteiger partial charge is 0.462 e. The normalized spacial score (nSPS) is 14.1. The van der Waals surface area contributed by atoms with Crippen molar-refractivity contribution in [1.29, 1.82) is 0 Å². The molecule has 46 heavy (non-hydrogen) atoms. The molecule has 0 aliphatic heterocycles. The molecule has 8 nitrogen and oxygen atoms in total. The lowest BCUT2D eigenvalue weighted by molar-refractivity contribution is -0.161. The van der Waals surface area contributed by atoms with E-state index in [1.54, 1.807) is 0 Å². The van der Waals surface area contributed by atoms with Crippen LogP contribution in [0.5, 0.6) is 0 Å². The van der Waals surface area contributed by atoms with Crippen molar-refractivity contribution in [2.45, 2.75) is 155 Å². The fourth-order valence-corrected chi connectivity index (χ4v) is 4.93. The second kappa shape index (κ2) is 32.9. The molecule has 0 spiro atoms. The second-order valence-electron chi connectivity index (χ2n) is 11.6. The topological polar surface area (TPSA) is 108 Å². The number of hydrogen-bond donors (Lipinski definition) is 1. The summed E-state index contributed by atoms with van der Waals surface area (Å²) < 4.78 is 31.8. The monoisotopic (exact) mass is 668 g/mol. The number of carbonyl (C=O) groups excluding carboxylic acids is 2. The van der Waals surface area contributed by atoms with E-state index < -0.39 is 32.5 Å². The molecule has 0 aromatic carbocycles. The number of carbonyl (C=O) groups is 2. The van der Waals surface area contributed by atoms with Crippen molar-refractivity contribution in [3.05, 3.63) is 48.6 Å². The molecule has 0 aromatic rings. The predicted molar refractivity (Wildman–Crippen MR) is 188 cm³/mol. The molecule has 0 radical (unpaired) electrons. The molecular formula is C37H65O8P. The van der Waals surface area contributed by atoms with Crippen LogP contribution in [-0.4, -0.2) is 43.3 Å². The third kappa shape index (κ3) is 32.0. The third-order valence-corrected chi connectivity index (χ3v) is 8.21. The van der Waals surface area contributed by atoms with Gasteiger partial charge in [0.15, 0.2) is 6.10 Å². The lowest BCUT2D eigenvalue weighted by Crippen LogP contribution is -2.29. The van der Waals surface area contributed by atoms with Gasteiger partial charge in [-0.25, -0.2) is 4.57 Å². The maximum atomic E-state index is 12.4. The van der Waals surface area contributed by atoms with Crippen LogP contribution in [0.4, 0.5) is 0 Å². The minimum absolute atomic E-state index is 0.224. The molecule has 0 rings (SSSR count). The van der Waals surface area contributed by atoms with Crippen molar-refractivity contribution in [2.24, 2.45) is 0 Å². The van der Waals surface area contributed by atoms with Crippen LogP contribution in [0, 0.1) is 0 Å². The summed E-state index contributed by atoms with van der Waals surface area (Å²) in [4.78, 5) is 34.2. The standard InChI is InChI=1S/C37H65O8P/c1-4-6-8-10-12-14-16-18-20-22-24-26-28-30-32-37(39)45-35(34-44-46(40,41)42-3)33-43-36(38)31-29-27-25-23-21-19-17-15-13-11-9-7-5-2/h9-12,15-18,35H,4-8,13-14,19-34H2,1-3H3,(H,40,41)/b11-9-,12-10-,17-15-,18-16-. The molecule has 0 saturated carbocycles. The maximum absolute atomic E-state index is 12.4. The number of esters is 2. The van der Waals surface area contributed by atoms with Gasteiger partial charge < -0.3 is 14.4 Å². The fourth-order valence-electron chi connectivity index (χ4n) is 4.47. The first-order chi connectivity index (χ1) is 22.3. The van der Waals surface area contributed by atoms with Crippen LogP contribution in [0.2, 0.25) is 0 Å². The third-order valence-electron chi connectivity index (χ3n) is 7.28. The van der Waals surface area contributed by atoms with Crippen LogP contribution < -0.4 is 0 Å². The van der Waals surface area contributed by atoms with Crippen LogP contribution in [0.1, 0.15) is 149 Å². The van der Waals surface area contributed by atoms with Crippen molar-refractivity contribution in [1.82, 2.24) is 0 Å². The Kier molecular flexibility index (Phi) is 31.5. The van der Waals surface area contributed by atoms with Gasteiger partial charge in [0.25, 0.3) is 0 Å². The molecule has 0 aliphatic rings. The molecule has 2 unspecified atom stereocenters. The summed E-state index contributed by atoms with van der Waals surface area (Å²) in [6.07, 6.45) is 37.3. The second-order valence-corrected chi connectivity index (χ2v) is 13.2. The molecule has 266 valence electrons. The van der Waals surface area contributed by atoms with Crippen molar-refractivity contribution in [3.8, 4) is 0 Å². The van der Waals surface area contributed by atoms with E-state index >= 15 is 0 Å². The maximum Gasteiger partial charge on any atom is 0.472 e. The lowest BCUT2D eigenvalue weighted by Gasteiger charge is -2.19. The van der Waals surface area contributed by atoms with Crippen LogP contribution in [0.3, 0.4) is 0 Å². The molecule has 0 amide bonds. The Labute approximate surface area is 280 Å². The summed E-state index contributed by atoms with van der Waals surface area (Å²) in [6, 6.07) is 0. The highest BCUT2D eigenvalue weighted by Crippen LogP contribution is 2.42. The molecule has 9 heteroatoms. The SMILES string of the molecule is CCC/C=C\C/C=C\CCCCCCCC(=O)OCC(COP(=O)(O)OC)OC(=O)CCCCCCC/C=C\C/C=C\CCCC. The summed E-state index contributed by atoms with van der Waals surface area (Å²) in [7, 11) is -3.21. The molecule has 0 aromatic heterocycles. The number of unbranched alkanes of at least 4 members (excludes halogenated alkanes) is 13. The highest BCUT2D eigenvalue weighted by Gasteiger charge is 2.24. The Balaban J connectivity index is 4.15. The highest BCUT2D eigenvalue weighted by atomic mass is 31.2. The largest absolute Gasteiger partial charge is 0.472 e. The number of allylic oxidation sites excluding steroid dienone is 8. The quantitative estimate of drug-likeness (QED) is 0.0326. The Morgan fingerprint density at radius 3 is 1.61 bits per heavy atom. The van der Waals surface area contributed by atoms with Crippen LogP contribution in [0.15, 0.2) is 48.6 Å². The summed E-state index contributed by atoms with van der Waals surface area (Å²) in [5.41, 5.74) is 0. The first-order valence-electron chi connectivity index (χ1n) is 17.8. The van der Waals surface area contributed by atoms with Crippen molar-refractivity contribution in [3.63, 3.8) is 0 Å². The molecule has 0 aliphatic carbocycles. The molecule has 0 fully saturated rings. The lowest BCUT2D eigenvalue weighted by atomic mass is 10.1. The first-order valence-corrected chi connectivity index (χ1v) is 19.3. The van der Waals surface area contributed by atoms with Gasteiger partial charge in [-0.3, -0.25) is 18.6 Å². The van der Waals surface area contributed by atoms with Gasteiger partial charge in [0.05, 0.1) is 6.61 Å². The Morgan fingerprint density at radius 1 is 0.609 bits per heavy atom. The predicted octanol–water partition coefficient (Wildman–Crippen LogP) is 10.7. The van der Waals surface area contributed by atoms with Crippen LogP contribution in [0.25, 0.3) is 0 Å². The number of phosphoric acid groups is 1. The summed E-state index contributed by atoms with van der Waals surface area (Å²) in [5, 5.41) is 0. The van der Waals surface area contributed by atoms with Crippen molar-refractivity contribution < 1.29 is 37.6 Å². The van der Waals surface area contributed by atoms with E-state index in [0.29, 0.717) is 6.42 Å². The minimum atomic E-state index is -4.26. The fraction of sp³-hybridized carbons (Fsp3) is 0.730. The first kappa shape index (κ1) is 44.0. The van der Waals surface area contributed by atoms with E-state index in [4.69, 9.17) is 14.0 Å². The molecule has 2 atom stereocenters. The Hall–Kier alpha value is -1.99. The number of ether oxygens (including phenoxy) is 2. The van der Waals surface area contributed by atoms with Gasteiger partial charge >= 0.3 is 19.8 Å². The average Bonchev–Trinajstić information content (AvgIpc) is 3.04. The number of hydrogen-bond acceptors (Lipinski definition) is 7. The van der Waals surface area contributed by atoms with Crippen LogP contribution in [-0.2, 0) is 32.7 Å². The van der Waals surface area contributed by atoms with Gasteiger partial charge in [-0.2, -0.15) is 0 Å². The van der Waals surface area contributed by atoms with E-state index in [1.165, 1.54) is 19.3 Å². The summed E-state index contributed by atoms with van der Waals surface area (Å²) in [5.74, 6) is -0.843. The van der Waals surface area contributed by atoms with Crippen LogP contribution >= 0.6 is 7.82 Å². The molecule has 1 N–H and O–H groups in total. The van der Waals surface area contributed by atoms with E-state index in [-0.39, 0.29) is 19.4 Å². The Morgan fingerprint density at radius 2 is 1.09 bits per heavy atom. The van der Waals surface area contributed by atoms with Gasteiger partial charge in [0, 0.05) is 20.0 Å². The van der Waals surface area contributed by atoms with E-state index in [0.717, 1.165) is 103 Å². The van der Waals surface area contributed by atoms with Gasteiger partial charge in [-0.1, -0.05) is 120 Å². The molecule has 0 bridgehead atoms.